The van der Waals surface area contributed by atoms with E-state index in [1.807, 2.05) is 36.6 Å². The first-order chi connectivity index (χ1) is 12.7. The van der Waals surface area contributed by atoms with Crippen LogP contribution in [0.5, 0.6) is 11.5 Å². The van der Waals surface area contributed by atoms with Gasteiger partial charge >= 0.3 is 6.01 Å². The highest BCUT2D eigenvalue weighted by molar-refractivity contribution is 7.98. The van der Waals surface area contributed by atoms with Gasteiger partial charge in [0, 0.05) is 10.5 Å². The molecule has 132 valence electrons. The van der Waals surface area contributed by atoms with E-state index in [4.69, 9.17) is 13.9 Å². The van der Waals surface area contributed by atoms with Crippen molar-refractivity contribution in [3.63, 3.8) is 0 Å². The standard InChI is InChI=1S/C18H15N3O4S/c1-26-13-4-2-3-12(9-13)17-20-21-18(25-17)19-16(22)8-11-5-6-14-15(7-11)24-10-23-14/h2-7,9H,8,10H2,1H3,(H,19,21,22). The number of benzene rings is 2. The number of anilines is 1. The molecule has 0 bridgehead atoms. The summed E-state index contributed by atoms with van der Waals surface area (Å²) in [7, 11) is 0. The number of thioether (sulfide) groups is 1. The van der Waals surface area contributed by atoms with E-state index in [-0.39, 0.29) is 25.1 Å². The molecule has 26 heavy (non-hydrogen) atoms. The second kappa shape index (κ2) is 7.09. The summed E-state index contributed by atoms with van der Waals surface area (Å²) in [6.45, 7) is 0.202. The third kappa shape index (κ3) is 3.50. The Labute approximate surface area is 153 Å². The minimum absolute atomic E-state index is 0.0697. The Morgan fingerprint density at radius 1 is 1.15 bits per heavy atom. The fourth-order valence-electron chi connectivity index (χ4n) is 2.55. The van der Waals surface area contributed by atoms with Crippen molar-refractivity contribution >= 4 is 23.7 Å². The molecule has 4 rings (SSSR count). The maximum absolute atomic E-state index is 12.2. The van der Waals surface area contributed by atoms with Gasteiger partial charge in [0.15, 0.2) is 11.5 Å². The van der Waals surface area contributed by atoms with E-state index in [0.717, 1.165) is 16.0 Å². The monoisotopic (exact) mass is 369 g/mol. The molecule has 0 atom stereocenters. The van der Waals surface area contributed by atoms with Gasteiger partial charge in [0.1, 0.15) is 0 Å². The quantitative estimate of drug-likeness (QED) is 0.690. The van der Waals surface area contributed by atoms with Gasteiger partial charge in [-0.05, 0) is 42.2 Å². The van der Waals surface area contributed by atoms with Gasteiger partial charge in [-0.2, -0.15) is 0 Å². The summed E-state index contributed by atoms with van der Waals surface area (Å²) < 4.78 is 16.1. The van der Waals surface area contributed by atoms with Crippen molar-refractivity contribution in [1.82, 2.24) is 10.2 Å². The van der Waals surface area contributed by atoms with Gasteiger partial charge in [0.2, 0.25) is 18.6 Å². The number of fused-ring (bicyclic) bond motifs is 1. The summed E-state index contributed by atoms with van der Waals surface area (Å²) in [6, 6.07) is 13.2. The summed E-state index contributed by atoms with van der Waals surface area (Å²) in [5, 5.41) is 10.5. The number of carbonyl (C=O) groups is 1. The molecule has 8 heteroatoms. The molecule has 0 fully saturated rings. The number of rotatable bonds is 5. The molecule has 0 saturated heterocycles. The van der Waals surface area contributed by atoms with E-state index in [1.54, 1.807) is 23.9 Å². The maximum atomic E-state index is 12.2. The second-order valence-corrected chi connectivity index (χ2v) is 6.44. The molecule has 1 N–H and O–H groups in total. The van der Waals surface area contributed by atoms with Gasteiger partial charge in [-0.25, -0.2) is 0 Å². The summed E-state index contributed by atoms with van der Waals surface area (Å²) in [5.74, 6) is 1.43. The zero-order chi connectivity index (χ0) is 17.9. The van der Waals surface area contributed by atoms with Crippen molar-refractivity contribution in [1.29, 1.82) is 0 Å². The molecule has 2 heterocycles. The van der Waals surface area contributed by atoms with Crippen molar-refractivity contribution in [2.24, 2.45) is 0 Å². The van der Waals surface area contributed by atoms with E-state index >= 15 is 0 Å². The second-order valence-electron chi connectivity index (χ2n) is 5.56. The normalized spacial score (nSPS) is 12.2. The molecule has 1 aliphatic heterocycles. The molecule has 0 radical (unpaired) electrons. The minimum Gasteiger partial charge on any atom is -0.454 e. The molecule has 2 aromatic carbocycles. The van der Waals surface area contributed by atoms with Gasteiger partial charge in [0.25, 0.3) is 0 Å². The molecule has 3 aromatic rings. The Morgan fingerprint density at radius 2 is 2.04 bits per heavy atom. The van der Waals surface area contributed by atoms with Crippen molar-refractivity contribution in [2.75, 3.05) is 18.4 Å². The Balaban J connectivity index is 1.43. The van der Waals surface area contributed by atoms with Crippen LogP contribution < -0.4 is 14.8 Å². The van der Waals surface area contributed by atoms with Crippen LogP contribution in [0, 0.1) is 0 Å². The Hall–Kier alpha value is -3.00. The highest BCUT2D eigenvalue weighted by atomic mass is 32.2. The van der Waals surface area contributed by atoms with Crippen LogP contribution in [0.3, 0.4) is 0 Å². The predicted molar refractivity (Wildman–Crippen MR) is 96.4 cm³/mol. The fraction of sp³-hybridized carbons (Fsp3) is 0.167. The third-order valence-corrected chi connectivity index (χ3v) is 4.52. The van der Waals surface area contributed by atoms with E-state index in [9.17, 15) is 4.79 Å². The van der Waals surface area contributed by atoms with Crippen molar-refractivity contribution < 1.29 is 18.7 Å². The first-order valence-corrected chi connectivity index (χ1v) is 9.10. The van der Waals surface area contributed by atoms with Gasteiger partial charge < -0.3 is 13.9 Å². The van der Waals surface area contributed by atoms with Gasteiger partial charge in [0.05, 0.1) is 6.42 Å². The van der Waals surface area contributed by atoms with Crippen LogP contribution in [-0.2, 0) is 11.2 Å². The van der Waals surface area contributed by atoms with Crippen molar-refractivity contribution in [3.8, 4) is 23.0 Å². The van der Waals surface area contributed by atoms with Crippen molar-refractivity contribution in [3.05, 3.63) is 48.0 Å². The lowest BCUT2D eigenvalue weighted by molar-refractivity contribution is -0.115. The molecular formula is C18H15N3O4S. The SMILES string of the molecule is CSc1cccc(-c2nnc(NC(=O)Cc3ccc4c(c3)OCO4)o2)c1. The highest BCUT2D eigenvalue weighted by Gasteiger charge is 2.16. The minimum atomic E-state index is -0.253. The number of hydrogen-bond acceptors (Lipinski definition) is 7. The number of aromatic nitrogens is 2. The molecule has 0 aliphatic carbocycles. The smallest absolute Gasteiger partial charge is 0.322 e. The summed E-state index contributed by atoms with van der Waals surface area (Å²) in [5.41, 5.74) is 1.61. The van der Waals surface area contributed by atoms with Gasteiger partial charge in [-0.3, -0.25) is 10.1 Å². The van der Waals surface area contributed by atoms with Crippen LogP contribution >= 0.6 is 11.8 Å². The number of ether oxygens (including phenoxy) is 2. The molecule has 0 unspecified atom stereocenters. The van der Waals surface area contributed by atoms with Crippen LogP contribution in [-0.4, -0.2) is 29.2 Å². The first-order valence-electron chi connectivity index (χ1n) is 7.87. The Bertz CT molecular complexity index is 957. The van der Waals surface area contributed by atoms with Gasteiger partial charge in [-0.1, -0.05) is 17.2 Å². The lowest BCUT2D eigenvalue weighted by Gasteiger charge is -2.03. The molecule has 1 aromatic heterocycles. The predicted octanol–water partition coefficient (Wildman–Crippen LogP) is 3.37. The first kappa shape index (κ1) is 16.5. The van der Waals surface area contributed by atoms with E-state index < -0.39 is 0 Å². The average molecular weight is 369 g/mol. The van der Waals surface area contributed by atoms with Crippen LogP contribution in [0.4, 0.5) is 6.01 Å². The number of nitrogens with one attached hydrogen (secondary N) is 1. The van der Waals surface area contributed by atoms with Crippen LogP contribution in [0.15, 0.2) is 51.8 Å². The molecule has 7 nitrogen and oxygen atoms in total. The van der Waals surface area contributed by atoms with E-state index in [0.29, 0.717) is 17.4 Å². The largest absolute Gasteiger partial charge is 0.454 e. The Kier molecular flexibility index (Phi) is 4.49. The molecule has 0 saturated carbocycles. The molecule has 1 aliphatic rings. The average Bonchev–Trinajstić information content (AvgIpc) is 3.30. The Morgan fingerprint density at radius 3 is 2.92 bits per heavy atom. The lowest BCUT2D eigenvalue weighted by Crippen LogP contribution is -2.14. The third-order valence-electron chi connectivity index (χ3n) is 3.79. The summed E-state index contributed by atoms with van der Waals surface area (Å²) in [6.07, 6.45) is 2.16. The summed E-state index contributed by atoms with van der Waals surface area (Å²) >= 11 is 1.63. The summed E-state index contributed by atoms with van der Waals surface area (Å²) in [4.78, 5) is 13.3. The number of nitrogens with zero attached hydrogens (tertiary/aromatic N) is 2. The topological polar surface area (TPSA) is 86.5 Å². The van der Waals surface area contributed by atoms with E-state index in [2.05, 4.69) is 15.5 Å². The van der Waals surface area contributed by atoms with Crippen LogP contribution in [0.2, 0.25) is 0 Å². The van der Waals surface area contributed by atoms with Crippen LogP contribution in [0.1, 0.15) is 5.56 Å². The fourth-order valence-corrected chi connectivity index (χ4v) is 3.01. The number of hydrogen-bond donors (Lipinski definition) is 1. The van der Waals surface area contributed by atoms with E-state index in [1.165, 1.54) is 0 Å². The lowest BCUT2D eigenvalue weighted by atomic mass is 10.1. The zero-order valence-corrected chi connectivity index (χ0v) is 14.7. The molecule has 0 spiro atoms. The molecule has 1 amide bonds. The highest BCUT2D eigenvalue weighted by Crippen LogP contribution is 2.32. The number of amides is 1. The van der Waals surface area contributed by atoms with Crippen molar-refractivity contribution in [2.45, 2.75) is 11.3 Å². The zero-order valence-electron chi connectivity index (χ0n) is 13.9. The maximum Gasteiger partial charge on any atom is 0.322 e. The number of carbonyl (C=O) groups excluding carboxylic acids is 1. The van der Waals surface area contributed by atoms with Crippen LogP contribution in [0.25, 0.3) is 11.5 Å². The van der Waals surface area contributed by atoms with Gasteiger partial charge in [-0.15, -0.1) is 16.9 Å². The molecular weight excluding hydrogens is 354 g/mol.